The molecule has 7 heteroatoms. The Hall–Kier alpha value is -0.430. The summed E-state index contributed by atoms with van der Waals surface area (Å²) in [6.07, 6.45) is 1.76. The summed E-state index contributed by atoms with van der Waals surface area (Å²) in [5, 5.41) is 2.41. The van der Waals surface area contributed by atoms with Gasteiger partial charge in [-0.05, 0) is 24.6 Å². The second kappa shape index (κ2) is 5.60. The van der Waals surface area contributed by atoms with Gasteiger partial charge in [-0.15, -0.1) is 0 Å². The average molecular weight is 243 g/mol. The first-order chi connectivity index (χ1) is 6.97. The summed E-state index contributed by atoms with van der Waals surface area (Å²) in [6, 6.07) is 0. The third-order valence-corrected chi connectivity index (χ3v) is 2.65. The highest BCUT2D eigenvalue weighted by Crippen LogP contribution is 2.29. The molecule has 1 N–H and O–H groups in total. The van der Waals surface area contributed by atoms with E-state index in [1.165, 1.54) is 0 Å². The van der Waals surface area contributed by atoms with Crippen LogP contribution in [0.4, 0.5) is 13.2 Å². The summed E-state index contributed by atoms with van der Waals surface area (Å²) in [6.45, 7) is 0.967. The van der Waals surface area contributed by atoms with E-state index < -0.39 is 17.2 Å². The molecule has 0 aromatic carbocycles. The molecule has 1 atom stereocenters. The second-order valence-electron chi connectivity index (χ2n) is 3.17. The van der Waals surface area contributed by atoms with Gasteiger partial charge in [0, 0.05) is 13.2 Å². The molecule has 1 rings (SSSR count). The van der Waals surface area contributed by atoms with Crippen LogP contribution in [0.5, 0.6) is 0 Å². The predicted molar refractivity (Wildman–Crippen MR) is 50.5 cm³/mol. The van der Waals surface area contributed by atoms with Gasteiger partial charge >= 0.3 is 5.51 Å². The Bertz CT molecular complexity index is 216. The fourth-order valence-corrected chi connectivity index (χ4v) is 1.63. The molecule has 0 aromatic rings. The van der Waals surface area contributed by atoms with E-state index in [2.05, 4.69) is 5.32 Å². The van der Waals surface area contributed by atoms with Gasteiger partial charge in [0.2, 0.25) is 5.91 Å². The molecule has 0 aromatic heterocycles. The van der Waals surface area contributed by atoms with Crippen LogP contribution in [0.2, 0.25) is 0 Å². The molecule has 0 spiro atoms. The van der Waals surface area contributed by atoms with Crippen molar-refractivity contribution < 1.29 is 22.7 Å². The number of hydrogen-bond donors (Lipinski definition) is 1. The molecular weight excluding hydrogens is 231 g/mol. The lowest BCUT2D eigenvalue weighted by Gasteiger charge is -2.11. The molecule has 1 amide bonds. The molecule has 0 saturated carbocycles. The van der Waals surface area contributed by atoms with Gasteiger partial charge in [0.15, 0.2) is 0 Å². The maximum Gasteiger partial charge on any atom is 0.442 e. The molecule has 1 saturated heterocycles. The number of rotatable bonds is 4. The Morgan fingerprint density at radius 1 is 1.53 bits per heavy atom. The van der Waals surface area contributed by atoms with Crippen molar-refractivity contribution in [3.8, 4) is 0 Å². The summed E-state index contributed by atoms with van der Waals surface area (Å²) in [5.41, 5.74) is -4.35. The first kappa shape index (κ1) is 12.6. The minimum absolute atomic E-state index is 0.0372. The Morgan fingerprint density at radius 3 is 2.80 bits per heavy atom. The number of carbonyl (C=O) groups excluding carboxylic acids is 1. The summed E-state index contributed by atoms with van der Waals surface area (Å²) in [5.74, 6) is -1.19. The smallest absolute Gasteiger partial charge is 0.376 e. The number of alkyl halides is 3. The van der Waals surface area contributed by atoms with Gasteiger partial charge in [-0.2, -0.15) is 13.2 Å². The van der Waals surface area contributed by atoms with Crippen molar-refractivity contribution in [3.05, 3.63) is 0 Å². The number of carbonyl (C=O) groups is 1. The zero-order chi connectivity index (χ0) is 11.3. The van der Waals surface area contributed by atoms with E-state index in [9.17, 15) is 18.0 Å². The molecule has 0 radical (unpaired) electrons. The third-order valence-electron chi connectivity index (χ3n) is 1.92. The van der Waals surface area contributed by atoms with Gasteiger partial charge in [0.05, 0.1) is 11.9 Å². The highest BCUT2D eigenvalue weighted by Gasteiger charge is 2.29. The van der Waals surface area contributed by atoms with Crippen molar-refractivity contribution >= 4 is 17.7 Å². The molecule has 3 nitrogen and oxygen atoms in total. The van der Waals surface area contributed by atoms with Crippen LogP contribution in [0.3, 0.4) is 0 Å². The van der Waals surface area contributed by atoms with Crippen LogP contribution in [-0.4, -0.2) is 36.4 Å². The van der Waals surface area contributed by atoms with E-state index >= 15 is 0 Å². The largest absolute Gasteiger partial charge is 0.442 e. The van der Waals surface area contributed by atoms with Crippen LogP contribution in [0.1, 0.15) is 12.8 Å². The zero-order valence-electron chi connectivity index (χ0n) is 7.97. The number of hydrogen-bond acceptors (Lipinski definition) is 3. The van der Waals surface area contributed by atoms with Crippen molar-refractivity contribution in [2.45, 2.75) is 24.5 Å². The van der Waals surface area contributed by atoms with Crippen LogP contribution in [0.25, 0.3) is 0 Å². The van der Waals surface area contributed by atoms with Gasteiger partial charge in [-0.1, -0.05) is 0 Å². The van der Waals surface area contributed by atoms with E-state index in [1.54, 1.807) is 0 Å². The summed E-state index contributed by atoms with van der Waals surface area (Å²) >= 11 is -0.329. The quantitative estimate of drug-likeness (QED) is 0.813. The van der Waals surface area contributed by atoms with Gasteiger partial charge in [0.25, 0.3) is 0 Å². The molecule has 0 bridgehead atoms. The van der Waals surface area contributed by atoms with Gasteiger partial charge < -0.3 is 10.1 Å². The standard InChI is InChI=1S/C8H12F3NO2S/c9-8(10,11)15-5-7(13)12-4-6-2-1-3-14-6/h6H,1-5H2,(H,12,13). The van der Waals surface area contributed by atoms with Crippen molar-refractivity contribution in [3.63, 3.8) is 0 Å². The topological polar surface area (TPSA) is 38.3 Å². The molecule has 15 heavy (non-hydrogen) atoms. The van der Waals surface area contributed by atoms with Crippen molar-refractivity contribution in [1.29, 1.82) is 0 Å². The second-order valence-corrected chi connectivity index (χ2v) is 4.21. The van der Waals surface area contributed by atoms with Gasteiger partial charge in [-0.25, -0.2) is 0 Å². The van der Waals surface area contributed by atoms with Crippen LogP contribution >= 0.6 is 11.8 Å². The van der Waals surface area contributed by atoms with Crippen LogP contribution < -0.4 is 5.32 Å². The normalized spacial score (nSPS) is 21.7. The van der Waals surface area contributed by atoms with Crippen molar-refractivity contribution in [2.75, 3.05) is 18.9 Å². The third kappa shape index (κ3) is 5.88. The maximum absolute atomic E-state index is 11.7. The van der Waals surface area contributed by atoms with E-state index in [0.717, 1.165) is 12.8 Å². The molecule has 0 aliphatic carbocycles. The minimum Gasteiger partial charge on any atom is -0.376 e. The van der Waals surface area contributed by atoms with E-state index in [-0.39, 0.29) is 17.9 Å². The van der Waals surface area contributed by atoms with E-state index in [1.807, 2.05) is 0 Å². The highest BCUT2D eigenvalue weighted by atomic mass is 32.2. The lowest BCUT2D eigenvalue weighted by molar-refractivity contribution is -0.119. The predicted octanol–water partition coefficient (Wildman–Crippen LogP) is 1.53. The summed E-state index contributed by atoms with van der Waals surface area (Å²) in [4.78, 5) is 11.0. The van der Waals surface area contributed by atoms with Crippen molar-refractivity contribution in [1.82, 2.24) is 5.32 Å². The molecule has 1 aliphatic heterocycles. The Labute approximate surface area is 89.7 Å². The fourth-order valence-electron chi connectivity index (χ4n) is 1.23. The lowest BCUT2D eigenvalue weighted by atomic mass is 10.2. The summed E-state index contributed by atoms with van der Waals surface area (Å²) in [7, 11) is 0. The van der Waals surface area contributed by atoms with Crippen LogP contribution in [-0.2, 0) is 9.53 Å². The number of ether oxygens (including phenoxy) is 1. The molecule has 1 unspecified atom stereocenters. The monoisotopic (exact) mass is 243 g/mol. The zero-order valence-corrected chi connectivity index (χ0v) is 8.79. The number of amides is 1. The van der Waals surface area contributed by atoms with Gasteiger partial charge in [-0.3, -0.25) is 4.79 Å². The lowest BCUT2D eigenvalue weighted by Crippen LogP contribution is -2.33. The van der Waals surface area contributed by atoms with E-state index in [0.29, 0.717) is 13.2 Å². The van der Waals surface area contributed by atoms with Crippen LogP contribution in [0.15, 0.2) is 0 Å². The number of halogens is 3. The molecule has 1 fully saturated rings. The maximum atomic E-state index is 11.7. The molecule has 88 valence electrons. The Balaban J connectivity index is 2.08. The minimum atomic E-state index is -4.35. The Kier molecular flexibility index (Phi) is 4.72. The molecule has 1 aliphatic rings. The van der Waals surface area contributed by atoms with Crippen molar-refractivity contribution in [2.24, 2.45) is 0 Å². The SMILES string of the molecule is O=C(CSC(F)(F)F)NCC1CCCO1. The first-order valence-electron chi connectivity index (χ1n) is 4.56. The number of nitrogens with one attached hydrogen (secondary N) is 1. The highest BCUT2D eigenvalue weighted by molar-refractivity contribution is 8.00. The van der Waals surface area contributed by atoms with Crippen LogP contribution in [0, 0.1) is 0 Å². The summed E-state index contributed by atoms with van der Waals surface area (Å²) < 4.78 is 40.4. The first-order valence-corrected chi connectivity index (χ1v) is 5.55. The van der Waals surface area contributed by atoms with Gasteiger partial charge in [0.1, 0.15) is 0 Å². The Morgan fingerprint density at radius 2 is 2.27 bits per heavy atom. The average Bonchev–Trinajstić information content (AvgIpc) is 2.62. The number of thioether (sulfide) groups is 1. The fraction of sp³-hybridized carbons (Fsp3) is 0.875. The van der Waals surface area contributed by atoms with E-state index in [4.69, 9.17) is 4.74 Å². The molecule has 1 heterocycles. The molecular formula is C8H12F3NO2S.